The molecule has 1 atom stereocenters. The second-order valence-electron chi connectivity index (χ2n) is 7.24. The number of hydrogen-bond acceptors (Lipinski definition) is 6. The molecule has 1 saturated heterocycles. The van der Waals surface area contributed by atoms with Crippen LogP contribution in [0.25, 0.3) is 16.9 Å². The van der Waals surface area contributed by atoms with E-state index in [1.165, 1.54) is 0 Å². The summed E-state index contributed by atoms with van der Waals surface area (Å²) in [6.07, 6.45) is 5.87. The summed E-state index contributed by atoms with van der Waals surface area (Å²) in [6, 6.07) is 9.58. The van der Waals surface area contributed by atoms with Crippen LogP contribution in [0.15, 0.2) is 36.7 Å². The topological polar surface area (TPSA) is 96.4 Å². The predicted octanol–water partition coefficient (Wildman–Crippen LogP) is 2.46. The summed E-state index contributed by atoms with van der Waals surface area (Å²) in [5.41, 5.74) is 1.02. The highest BCUT2D eigenvalue weighted by molar-refractivity contribution is 6.04. The van der Waals surface area contributed by atoms with Gasteiger partial charge in [-0.3, -0.25) is 9.69 Å². The monoisotopic (exact) mass is 374 g/mol. The van der Waals surface area contributed by atoms with Crippen molar-refractivity contribution in [3.8, 4) is 23.3 Å². The number of aromatic nitrogens is 4. The Morgan fingerprint density at radius 2 is 2.11 bits per heavy atom. The molecule has 140 valence electrons. The molecule has 3 aromatic heterocycles. The van der Waals surface area contributed by atoms with E-state index in [1.807, 2.05) is 18.2 Å². The largest absolute Gasteiger partial charge is 0.481 e. The number of pyridine rings is 1. The number of anilines is 1. The van der Waals surface area contributed by atoms with Gasteiger partial charge in [0, 0.05) is 12.6 Å². The predicted molar refractivity (Wildman–Crippen MR) is 101 cm³/mol. The maximum Gasteiger partial charge on any atom is 0.249 e. The van der Waals surface area contributed by atoms with Gasteiger partial charge in [-0.05, 0) is 37.3 Å². The van der Waals surface area contributed by atoms with E-state index < -0.39 is 5.41 Å². The van der Waals surface area contributed by atoms with Crippen LogP contribution in [-0.2, 0) is 4.79 Å². The molecule has 0 N–H and O–H groups in total. The van der Waals surface area contributed by atoms with E-state index >= 15 is 0 Å². The van der Waals surface area contributed by atoms with Gasteiger partial charge in [-0.25, -0.2) is 14.5 Å². The zero-order valence-corrected chi connectivity index (χ0v) is 15.4. The number of carbonyl (C=O) groups excluding carboxylic acids is 1. The average molecular weight is 374 g/mol. The lowest BCUT2D eigenvalue weighted by atomic mass is 9.83. The first kappa shape index (κ1) is 16.7. The van der Waals surface area contributed by atoms with Crippen LogP contribution >= 0.6 is 0 Å². The number of nitrogens with zero attached hydrogens (tertiary/aromatic N) is 6. The Labute approximate surface area is 161 Å². The van der Waals surface area contributed by atoms with E-state index in [0.29, 0.717) is 36.1 Å². The van der Waals surface area contributed by atoms with Gasteiger partial charge in [0.15, 0.2) is 5.82 Å². The molecule has 1 aliphatic carbocycles. The Morgan fingerprint density at radius 3 is 2.86 bits per heavy atom. The lowest BCUT2D eigenvalue weighted by Crippen LogP contribution is -2.36. The van der Waals surface area contributed by atoms with E-state index in [-0.39, 0.29) is 11.8 Å². The van der Waals surface area contributed by atoms with Crippen molar-refractivity contribution in [3.63, 3.8) is 0 Å². The summed E-state index contributed by atoms with van der Waals surface area (Å²) in [4.78, 5) is 24.1. The molecule has 8 heteroatoms. The molecular weight excluding hydrogens is 356 g/mol. The Morgan fingerprint density at radius 1 is 1.25 bits per heavy atom. The molecule has 0 bridgehead atoms. The minimum Gasteiger partial charge on any atom is -0.481 e. The molecule has 0 spiro atoms. The second kappa shape index (κ2) is 6.02. The van der Waals surface area contributed by atoms with Crippen LogP contribution in [-0.4, -0.2) is 39.1 Å². The molecule has 2 fully saturated rings. The van der Waals surface area contributed by atoms with Crippen molar-refractivity contribution < 1.29 is 9.53 Å². The maximum absolute atomic E-state index is 13.3. The number of fused-ring (bicyclic) bond motifs is 1. The van der Waals surface area contributed by atoms with E-state index in [4.69, 9.17) is 9.72 Å². The minimum atomic E-state index is -0.914. The van der Waals surface area contributed by atoms with Gasteiger partial charge in [0.25, 0.3) is 0 Å². The highest BCUT2D eigenvalue weighted by atomic mass is 16.5. The van der Waals surface area contributed by atoms with Gasteiger partial charge < -0.3 is 4.74 Å². The van der Waals surface area contributed by atoms with E-state index in [0.717, 1.165) is 18.4 Å². The van der Waals surface area contributed by atoms with Crippen molar-refractivity contribution in [3.05, 3.63) is 36.7 Å². The van der Waals surface area contributed by atoms with Crippen molar-refractivity contribution in [1.29, 1.82) is 5.26 Å². The summed E-state index contributed by atoms with van der Waals surface area (Å²) >= 11 is 0. The Balaban J connectivity index is 1.63. The molecule has 1 saturated carbocycles. The molecule has 5 rings (SSSR count). The van der Waals surface area contributed by atoms with Crippen molar-refractivity contribution in [2.75, 3.05) is 18.6 Å². The molecule has 4 heterocycles. The lowest BCUT2D eigenvalue weighted by molar-refractivity contribution is -0.123. The summed E-state index contributed by atoms with van der Waals surface area (Å²) < 4.78 is 6.90. The van der Waals surface area contributed by atoms with Crippen LogP contribution in [0.4, 0.5) is 5.82 Å². The Hall–Kier alpha value is -3.47. The number of ether oxygens (including phenoxy) is 1. The van der Waals surface area contributed by atoms with E-state index in [9.17, 15) is 10.1 Å². The molecule has 28 heavy (non-hydrogen) atoms. The van der Waals surface area contributed by atoms with Crippen LogP contribution in [0.3, 0.4) is 0 Å². The Kier molecular flexibility index (Phi) is 3.59. The molecule has 0 aromatic carbocycles. The fraction of sp³-hybridized carbons (Fsp3) is 0.350. The quantitative estimate of drug-likeness (QED) is 0.696. The standard InChI is InChI=1S/C20H18N6O2/c1-28-17-4-2-3-14(23-17)15-11-26-16(7-9-22-26)18(24-15)25-10-8-20(12-21,19(25)27)13-5-6-13/h2-4,7,9,11,13H,5-6,8,10H2,1H3/t20-/m1/s1. The Bertz CT molecular complexity index is 1130. The first-order valence-corrected chi connectivity index (χ1v) is 9.25. The molecule has 1 amide bonds. The van der Waals surface area contributed by atoms with Crippen LogP contribution < -0.4 is 9.64 Å². The van der Waals surface area contributed by atoms with Gasteiger partial charge in [0.1, 0.15) is 16.6 Å². The van der Waals surface area contributed by atoms with Gasteiger partial charge in [0.05, 0.1) is 31.3 Å². The lowest BCUT2D eigenvalue weighted by Gasteiger charge is -2.21. The smallest absolute Gasteiger partial charge is 0.249 e. The first-order valence-electron chi connectivity index (χ1n) is 9.25. The average Bonchev–Trinajstić information content (AvgIpc) is 3.38. The highest BCUT2D eigenvalue weighted by Gasteiger charge is 2.57. The third-order valence-electron chi connectivity index (χ3n) is 5.65. The van der Waals surface area contributed by atoms with Crippen LogP contribution in [0, 0.1) is 22.7 Å². The summed E-state index contributed by atoms with van der Waals surface area (Å²) in [5, 5.41) is 14.1. The van der Waals surface area contributed by atoms with Gasteiger partial charge in [0.2, 0.25) is 11.8 Å². The summed E-state index contributed by atoms with van der Waals surface area (Å²) in [5.74, 6) is 1.02. The zero-order chi connectivity index (χ0) is 19.3. The molecule has 1 aliphatic heterocycles. The van der Waals surface area contributed by atoms with Gasteiger partial charge >= 0.3 is 0 Å². The van der Waals surface area contributed by atoms with Gasteiger partial charge in [-0.2, -0.15) is 10.4 Å². The first-order chi connectivity index (χ1) is 13.7. The molecule has 0 unspecified atom stereocenters. The fourth-order valence-corrected chi connectivity index (χ4v) is 3.99. The second-order valence-corrected chi connectivity index (χ2v) is 7.24. The molecular formula is C20H18N6O2. The number of amides is 1. The fourth-order valence-electron chi connectivity index (χ4n) is 3.99. The number of hydrogen-bond donors (Lipinski definition) is 0. The van der Waals surface area contributed by atoms with E-state index in [1.54, 1.807) is 35.0 Å². The zero-order valence-electron chi connectivity index (χ0n) is 15.4. The maximum atomic E-state index is 13.3. The SMILES string of the molecule is COc1cccc(-c2cn3nccc3c(N3CC[C@@](C#N)(C4CC4)C3=O)n2)n1. The molecule has 8 nitrogen and oxygen atoms in total. The van der Waals surface area contributed by atoms with Crippen LogP contribution in [0.5, 0.6) is 5.88 Å². The van der Waals surface area contributed by atoms with Gasteiger partial charge in [-0.1, -0.05) is 6.07 Å². The number of carbonyl (C=O) groups is 1. The number of methoxy groups -OCH3 is 1. The van der Waals surface area contributed by atoms with Crippen molar-refractivity contribution in [2.24, 2.45) is 11.3 Å². The summed E-state index contributed by atoms with van der Waals surface area (Å²) in [7, 11) is 1.56. The van der Waals surface area contributed by atoms with Gasteiger partial charge in [-0.15, -0.1) is 0 Å². The van der Waals surface area contributed by atoms with Crippen molar-refractivity contribution in [1.82, 2.24) is 19.6 Å². The number of rotatable bonds is 4. The molecule has 0 radical (unpaired) electrons. The number of nitriles is 1. The normalized spacial score (nSPS) is 21.9. The third kappa shape index (κ3) is 2.36. The van der Waals surface area contributed by atoms with Crippen molar-refractivity contribution in [2.45, 2.75) is 19.3 Å². The third-order valence-corrected chi connectivity index (χ3v) is 5.65. The minimum absolute atomic E-state index is 0.149. The van der Waals surface area contributed by atoms with Crippen molar-refractivity contribution >= 4 is 17.2 Å². The summed E-state index contributed by atoms with van der Waals surface area (Å²) in [6.45, 7) is 0.478. The highest BCUT2D eigenvalue weighted by Crippen LogP contribution is 2.52. The van der Waals surface area contributed by atoms with Crippen LogP contribution in [0.2, 0.25) is 0 Å². The van der Waals surface area contributed by atoms with E-state index in [2.05, 4.69) is 16.2 Å². The molecule has 3 aromatic rings. The van der Waals surface area contributed by atoms with Crippen LogP contribution in [0.1, 0.15) is 19.3 Å². The molecule has 2 aliphatic rings.